The van der Waals surface area contributed by atoms with E-state index in [2.05, 4.69) is 68.8 Å². The number of aliphatic hydroxyl groups is 1. The van der Waals surface area contributed by atoms with Gasteiger partial charge in [0, 0.05) is 55.4 Å². The molecule has 1 N–H and O–H groups in total. The van der Waals surface area contributed by atoms with Gasteiger partial charge in [0.05, 0.1) is 22.9 Å². The minimum atomic E-state index is -0.329. The third-order valence-electron chi connectivity index (χ3n) is 7.82. The van der Waals surface area contributed by atoms with E-state index in [-0.39, 0.29) is 17.8 Å². The highest BCUT2D eigenvalue weighted by atomic mass is 32.1. The smallest absolute Gasteiger partial charge is 0.173 e. The average Bonchev–Trinajstić information content (AvgIpc) is 3.64. The topological polar surface area (TPSA) is 61.1 Å². The average molecular weight is 501 g/mol. The molecule has 36 heavy (non-hydrogen) atoms. The first-order chi connectivity index (χ1) is 17.5. The Kier molecular flexibility index (Phi) is 6.37. The van der Waals surface area contributed by atoms with Crippen LogP contribution >= 0.6 is 11.3 Å². The number of carbonyl (C=O) groups excluding carboxylic acids is 1. The highest BCUT2D eigenvalue weighted by Crippen LogP contribution is 2.33. The van der Waals surface area contributed by atoms with E-state index in [0.29, 0.717) is 6.42 Å². The molecule has 1 aliphatic heterocycles. The molecule has 0 amide bonds. The molecule has 0 radical (unpaired) electrons. The maximum absolute atomic E-state index is 12.8. The van der Waals surface area contributed by atoms with Crippen LogP contribution in [0.2, 0.25) is 0 Å². The molecule has 1 saturated heterocycles. The van der Waals surface area contributed by atoms with Crippen LogP contribution in [-0.4, -0.2) is 64.5 Å². The number of ketones is 1. The lowest BCUT2D eigenvalue weighted by Crippen LogP contribution is -2.44. The van der Waals surface area contributed by atoms with Crippen molar-refractivity contribution in [2.45, 2.75) is 31.8 Å². The third-order valence-corrected chi connectivity index (χ3v) is 8.79. The van der Waals surface area contributed by atoms with Gasteiger partial charge in [0.25, 0.3) is 0 Å². The number of hydrogen-bond acceptors (Lipinski definition) is 6. The standard InChI is InChI=1S/C29H32N4O2S/c1-31-11-13-32(14-12-31)24-7-5-20(6-8-24)21-9-10-33-25(18-30-29(33)17-21)23-16-28(36-19-23)27(35)15-22-3-2-4-26(22)34/h5-10,16-19,22,26,34H,2-4,11-15H2,1H3/t22-,26+/m0/s1. The van der Waals surface area contributed by atoms with Crippen LogP contribution in [0.5, 0.6) is 0 Å². The highest BCUT2D eigenvalue weighted by molar-refractivity contribution is 7.12. The molecule has 1 aromatic carbocycles. The molecule has 7 heteroatoms. The maximum atomic E-state index is 12.8. The van der Waals surface area contributed by atoms with Crippen molar-refractivity contribution >= 4 is 28.5 Å². The van der Waals surface area contributed by atoms with Gasteiger partial charge in [-0.15, -0.1) is 11.3 Å². The van der Waals surface area contributed by atoms with Crippen LogP contribution in [0, 0.1) is 5.92 Å². The number of aliphatic hydroxyl groups excluding tert-OH is 1. The molecule has 4 heterocycles. The van der Waals surface area contributed by atoms with Crippen LogP contribution in [0.15, 0.2) is 60.2 Å². The number of anilines is 1. The molecule has 4 aromatic rings. The number of piperazine rings is 1. The molecular weight excluding hydrogens is 468 g/mol. The molecule has 0 bridgehead atoms. The molecule has 3 aromatic heterocycles. The minimum absolute atomic E-state index is 0.105. The van der Waals surface area contributed by atoms with E-state index in [1.54, 1.807) is 0 Å². The number of nitrogens with zero attached hydrogens (tertiary/aromatic N) is 4. The summed E-state index contributed by atoms with van der Waals surface area (Å²) in [5.41, 5.74) is 6.48. The zero-order chi connectivity index (χ0) is 24.6. The maximum Gasteiger partial charge on any atom is 0.173 e. The first-order valence-electron chi connectivity index (χ1n) is 12.9. The van der Waals surface area contributed by atoms with Crippen LogP contribution in [0.4, 0.5) is 5.69 Å². The molecule has 6 nitrogen and oxygen atoms in total. The molecule has 6 rings (SSSR count). The second-order valence-electron chi connectivity index (χ2n) is 10.2. The van der Waals surface area contributed by atoms with Gasteiger partial charge in [-0.1, -0.05) is 18.6 Å². The minimum Gasteiger partial charge on any atom is -0.393 e. The second kappa shape index (κ2) is 9.81. The van der Waals surface area contributed by atoms with Gasteiger partial charge in [0.2, 0.25) is 0 Å². The summed E-state index contributed by atoms with van der Waals surface area (Å²) in [5.74, 6) is 0.237. The number of imidazole rings is 1. The van der Waals surface area contributed by atoms with Crippen molar-refractivity contribution in [3.63, 3.8) is 0 Å². The van der Waals surface area contributed by atoms with E-state index in [1.807, 2.05) is 17.6 Å². The Morgan fingerprint density at radius 2 is 1.83 bits per heavy atom. The Morgan fingerprint density at radius 1 is 1.03 bits per heavy atom. The summed E-state index contributed by atoms with van der Waals surface area (Å²) in [4.78, 5) is 23.0. The molecule has 2 fully saturated rings. The molecule has 186 valence electrons. The van der Waals surface area contributed by atoms with Gasteiger partial charge in [-0.05, 0) is 67.3 Å². The lowest BCUT2D eigenvalue weighted by molar-refractivity contribution is 0.0872. The molecule has 2 atom stereocenters. The van der Waals surface area contributed by atoms with Crippen LogP contribution in [-0.2, 0) is 0 Å². The number of rotatable bonds is 6. The number of aromatic nitrogens is 2. The fraction of sp³-hybridized carbons (Fsp3) is 0.379. The summed E-state index contributed by atoms with van der Waals surface area (Å²) in [5, 5.41) is 12.1. The summed E-state index contributed by atoms with van der Waals surface area (Å²) in [6.45, 7) is 4.34. The zero-order valence-electron chi connectivity index (χ0n) is 20.6. The number of carbonyl (C=O) groups is 1. The van der Waals surface area contributed by atoms with Crippen molar-refractivity contribution in [2.75, 3.05) is 38.1 Å². The number of likely N-dealkylation sites (N-methyl/N-ethyl adjacent to an activating group) is 1. The highest BCUT2D eigenvalue weighted by Gasteiger charge is 2.28. The van der Waals surface area contributed by atoms with Crippen molar-refractivity contribution in [2.24, 2.45) is 5.92 Å². The van der Waals surface area contributed by atoms with Crippen LogP contribution < -0.4 is 4.90 Å². The Balaban J connectivity index is 1.19. The third kappa shape index (κ3) is 4.59. The Hall–Kier alpha value is -3.00. The summed E-state index contributed by atoms with van der Waals surface area (Å²) in [6.07, 6.45) is 6.83. The Morgan fingerprint density at radius 3 is 2.58 bits per heavy atom. The predicted molar refractivity (Wildman–Crippen MR) is 146 cm³/mol. The number of hydrogen-bond donors (Lipinski definition) is 1. The van der Waals surface area contributed by atoms with Gasteiger partial charge in [-0.2, -0.15) is 0 Å². The summed E-state index contributed by atoms with van der Waals surface area (Å²) in [6, 6.07) is 15.1. The van der Waals surface area contributed by atoms with E-state index in [4.69, 9.17) is 0 Å². The molecule has 0 spiro atoms. The monoisotopic (exact) mass is 500 g/mol. The summed E-state index contributed by atoms with van der Waals surface area (Å²) >= 11 is 1.48. The first kappa shape index (κ1) is 23.4. The van der Waals surface area contributed by atoms with Gasteiger partial charge < -0.3 is 14.9 Å². The first-order valence-corrected chi connectivity index (χ1v) is 13.7. The second-order valence-corrected chi connectivity index (χ2v) is 11.1. The van der Waals surface area contributed by atoms with E-state index in [1.165, 1.54) is 22.6 Å². The molecule has 1 aliphatic carbocycles. The fourth-order valence-electron chi connectivity index (χ4n) is 5.51. The fourth-order valence-corrected chi connectivity index (χ4v) is 6.37. The van der Waals surface area contributed by atoms with Gasteiger partial charge in [-0.25, -0.2) is 4.98 Å². The van der Waals surface area contributed by atoms with E-state index in [0.717, 1.165) is 72.8 Å². The Bertz CT molecular complexity index is 1370. The largest absolute Gasteiger partial charge is 0.393 e. The van der Waals surface area contributed by atoms with E-state index < -0.39 is 0 Å². The van der Waals surface area contributed by atoms with Crippen molar-refractivity contribution < 1.29 is 9.90 Å². The number of pyridine rings is 1. The molecular formula is C29H32N4O2S. The number of fused-ring (bicyclic) bond motifs is 1. The van der Waals surface area contributed by atoms with Crippen LogP contribution in [0.3, 0.4) is 0 Å². The molecule has 0 unspecified atom stereocenters. The van der Waals surface area contributed by atoms with Crippen molar-refractivity contribution in [1.82, 2.24) is 14.3 Å². The molecule has 2 aliphatic rings. The lowest BCUT2D eigenvalue weighted by atomic mass is 9.98. The normalized spacial score (nSPS) is 20.9. The van der Waals surface area contributed by atoms with Crippen molar-refractivity contribution in [3.05, 3.63) is 65.1 Å². The SMILES string of the molecule is CN1CCN(c2ccc(-c3ccn4c(-c5csc(C(=O)C[C@@H]6CCC[C@H]6O)c5)cnc4c3)cc2)CC1. The van der Waals surface area contributed by atoms with E-state index in [9.17, 15) is 9.90 Å². The molecule has 1 saturated carbocycles. The van der Waals surface area contributed by atoms with Gasteiger partial charge in [0.15, 0.2) is 5.78 Å². The number of benzene rings is 1. The van der Waals surface area contributed by atoms with E-state index >= 15 is 0 Å². The van der Waals surface area contributed by atoms with Crippen LogP contribution in [0.1, 0.15) is 35.4 Å². The van der Waals surface area contributed by atoms with Gasteiger partial charge >= 0.3 is 0 Å². The quantitative estimate of drug-likeness (QED) is 0.368. The zero-order valence-corrected chi connectivity index (χ0v) is 21.5. The van der Waals surface area contributed by atoms with Gasteiger partial charge in [-0.3, -0.25) is 9.20 Å². The Labute approximate surface area is 215 Å². The van der Waals surface area contributed by atoms with Crippen molar-refractivity contribution in [1.29, 1.82) is 0 Å². The number of thiophene rings is 1. The lowest BCUT2D eigenvalue weighted by Gasteiger charge is -2.34. The van der Waals surface area contributed by atoms with Gasteiger partial charge in [0.1, 0.15) is 5.65 Å². The summed E-state index contributed by atoms with van der Waals surface area (Å²) < 4.78 is 2.08. The predicted octanol–water partition coefficient (Wildman–Crippen LogP) is 5.22. The van der Waals surface area contributed by atoms with Crippen LogP contribution in [0.25, 0.3) is 28.0 Å². The number of Topliss-reactive ketones (excluding diaryl/α,β-unsaturated/α-hetero) is 1. The van der Waals surface area contributed by atoms with Crippen molar-refractivity contribution in [3.8, 4) is 22.4 Å². The summed E-state index contributed by atoms with van der Waals surface area (Å²) in [7, 11) is 2.18.